The molecule has 1 aliphatic rings. The van der Waals surface area contributed by atoms with Crippen molar-refractivity contribution in [3.8, 4) is 0 Å². The van der Waals surface area contributed by atoms with Crippen LogP contribution in [0, 0.1) is 0 Å². The first-order chi connectivity index (χ1) is 13.6. The van der Waals surface area contributed by atoms with Gasteiger partial charge in [-0.15, -0.1) is 10.2 Å². The zero-order valence-corrected chi connectivity index (χ0v) is 16.3. The number of nitrogens with zero attached hydrogens (tertiary/aromatic N) is 3. The lowest BCUT2D eigenvalue weighted by molar-refractivity contribution is -0.115. The van der Waals surface area contributed by atoms with E-state index in [1.807, 2.05) is 31.2 Å². The van der Waals surface area contributed by atoms with Crippen LogP contribution in [0.2, 0.25) is 0 Å². The Hall–Kier alpha value is -2.93. The highest BCUT2D eigenvalue weighted by Crippen LogP contribution is 2.25. The molecule has 2 aromatic carbocycles. The zero-order valence-electron chi connectivity index (χ0n) is 15.5. The van der Waals surface area contributed by atoms with Crippen molar-refractivity contribution in [1.82, 2.24) is 14.8 Å². The van der Waals surface area contributed by atoms with E-state index in [9.17, 15) is 9.59 Å². The average molecular weight is 392 g/mol. The number of hydrogen-bond donors (Lipinski definition) is 1. The maximum absolute atomic E-state index is 12.6. The number of rotatable bonds is 7. The second-order valence-corrected chi connectivity index (χ2v) is 7.56. The van der Waals surface area contributed by atoms with Gasteiger partial charge >= 0.3 is 0 Å². The maximum atomic E-state index is 12.6. The van der Waals surface area contributed by atoms with E-state index in [0.717, 1.165) is 28.8 Å². The van der Waals surface area contributed by atoms with Crippen LogP contribution in [0.1, 0.15) is 34.2 Å². The highest BCUT2D eigenvalue weighted by molar-refractivity contribution is 7.99. The van der Waals surface area contributed by atoms with Crippen molar-refractivity contribution in [1.29, 1.82) is 0 Å². The summed E-state index contributed by atoms with van der Waals surface area (Å²) in [6.45, 7) is 2.80. The molecule has 28 heavy (non-hydrogen) atoms. The van der Waals surface area contributed by atoms with Crippen LogP contribution in [0.15, 0.2) is 53.7 Å². The first-order valence-corrected chi connectivity index (χ1v) is 10.2. The van der Waals surface area contributed by atoms with Gasteiger partial charge < -0.3 is 9.88 Å². The molecule has 0 aliphatic carbocycles. The summed E-state index contributed by atoms with van der Waals surface area (Å²) in [6.07, 6.45) is 1.04. The summed E-state index contributed by atoms with van der Waals surface area (Å²) in [5.41, 5.74) is 3.47. The van der Waals surface area contributed by atoms with Crippen LogP contribution in [-0.4, -0.2) is 32.2 Å². The molecule has 1 aromatic heterocycles. The van der Waals surface area contributed by atoms with Crippen molar-refractivity contribution in [3.05, 3.63) is 71.0 Å². The molecule has 0 radical (unpaired) electrons. The number of fused-ring (bicyclic) bond motifs is 1. The molecule has 2 heterocycles. The van der Waals surface area contributed by atoms with Crippen molar-refractivity contribution >= 4 is 29.1 Å². The minimum atomic E-state index is -0.0315. The molecule has 4 rings (SSSR count). The molecule has 0 bridgehead atoms. The van der Waals surface area contributed by atoms with Gasteiger partial charge in [-0.1, -0.05) is 42.1 Å². The predicted molar refractivity (Wildman–Crippen MR) is 109 cm³/mol. The van der Waals surface area contributed by atoms with Gasteiger partial charge in [0.15, 0.2) is 10.9 Å². The Morgan fingerprint density at radius 3 is 2.79 bits per heavy atom. The van der Waals surface area contributed by atoms with E-state index < -0.39 is 0 Å². The number of benzene rings is 2. The monoisotopic (exact) mass is 392 g/mol. The Morgan fingerprint density at radius 2 is 2.00 bits per heavy atom. The van der Waals surface area contributed by atoms with Gasteiger partial charge in [-0.05, 0) is 36.2 Å². The first-order valence-electron chi connectivity index (χ1n) is 9.19. The summed E-state index contributed by atoms with van der Waals surface area (Å²) in [7, 11) is 0. The number of thioether (sulfide) groups is 1. The van der Waals surface area contributed by atoms with Gasteiger partial charge in [0, 0.05) is 24.2 Å². The van der Waals surface area contributed by atoms with Crippen molar-refractivity contribution in [2.45, 2.75) is 31.5 Å². The van der Waals surface area contributed by atoms with Gasteiger partial charge in [-0.25, -0.2) is 0 Å². The van der Waals surface area contributed by atoms with Crippen molar-refractivity contribution < 1.29 is 9.59 Å². The predicted octanol–water partition coefficient (Wildman–Crippen LogP) is 3.36. The van der Waals surface area contributed by atoms with Gasteiger partial charge in [0.1, 0.15) is 5.82 Å². The van der Waals surface area contributed by atoms with Crippen LogP contribution in [0.4, 0.5) is 5.69 Å². The van der Waals surface area contributed by atoms with Gasteiger partial charge in [-0.2, -0.15) is 0 Å². The molecule has 0 spiro atoms. The third-order valence-electron chi connectivity index (χ3n) is 4.70. The molecular weight excluding hydrogens is 372 g/mol. The fourth-order valence-electron chi connectivity index (χ4n) is 3.27. The SMILES string of the molecule is CCn1c(Cc2ccccc2)nnc1SCC(=O)c1ccc2c(c1)CC(=O)N2. The molecule has 3 aromatic rings. The van der Waals surface area contributed by atoms with Crippen LogP contribution >= 0.6 is 11.8 Å². The summed E-state index contributed by atoms with van der Waals surface area (Å²) >= 11 is 1.40. The fraction of sp³-hybridized carbons (Fsp3) is 0.238. The summed E-state index contributed by atoms with van der Waals surface area (Å²) < 4.78 is 2.05. The van der Waals surface area contributed by atoms with E-state index in [-0.39, 0.29) is 17.4 Å². The molecule has 0 saturated carbocycles. The first kappa shape index (κ1) is 18.4. The maximum Gasteiger partial charge on any atom is 0.228 e. The Balaban J connectivity index is 1.44. The van der Waals surface area contributed by atoms with Gasteiger partial charge in [0.2, 0.25) is 5.91 Å². The number of carbonyl (C=O) groups is 2. The average Bonchev–Trinajstić information content (AvgIpc) is 3.27. The molecule has 0 unspecified atom stereocenters. The van der Waals surface area contributed by atoms with Crippen molar-refractivity contribution in [2.24, 2.45) is 0 Å². The van der Waals surface area contributed by atoms with Crippen molar-refractivity contribution in [3.63, 3.8) is 0 Å². The molecule has 1 N–H and O–H groups in total. The number of carbonyl (C=O) groups excluding carboxylic acids is 2. The molecule has 0 saturated heterocycles. The smallest absolute Gasteiger partial charge is 0.228 e. The minimum Gasteiger partial charge on any atom is -0.326 e. The standard InChI is InChI=1S/C21H20N4O2S/c1-2-25-19(10-14-6-4-3-5-7-14)23-24-21(25)28-13-18(26)15-8-9-17-16(11-15)12-20(27)22-17/h3-9,11H,2,10,12-13H2,1H3,(H,22,27). The van der Waals surface area contributed by atoms with Crippen LogP contribution < -0.4 is 5.32 Å². The second kappa shape index (κ2) is 7.98. The normalized spacial score (nSPS) is 12.7. The third-order valence-corrected chi connectivity index (χ3v) is 5.67. The molecule has 1 aliphatic heterocycles. The second-order valence-electron chi connectivity index (χ2n) is 6.61. The quantitative estimate of drug-likeness (QED) is 0.493. The summed E-state index contributed by atoms with van der Waals surface area (Å²) in [6, 6.07) is 15.5. The zero-order chi connectivity index (χ0) is 19.5. The third kappa shape index (κ3) is 3.84. The Morgan fingerprint density at radius 1 is 1.18 bits per heavy atom. The van der Waals surface area contributed by atoms with Crippen LogP contribution in [0.5, 0.6) is 0 Å². The molecule has 0 atom stereocenters. The number of anilines is 1. The number of aromatic nitrogens is 3. The number of ketones is 1. The largest absolute Gasteiger partial charge is 0.326 e. The Bertz CT molecular complexity index is 1030. The van der Waals surface area contributed by atoms with E-state index >= 15 is 0 Å². The lowest BCUT2D eigenvalue weighted by Gasteiger charge is -2.07. The topological polar surface area (TPSA) is 76.9 Å². The number of nitrogens with one attached hydrogen (secondary N) is 1. The number of amides is 1. The van der Waals surface area contributed by atoms with Gasteiger partial charge in [-0.3, -0.25) is 9.59 Å². The Labute approximate surface area is 167 Å². The number of Topliss-reactive ketones (excluding diaryl/α,β-unsaturated/α-hetero) is 1. The van der Waals surface area contributed by atoms with Crippen molar-refractivity contribution in [2.75, 3.05) is 11.1 Å². The molecule has 7 heteroatoms. The van der Waals surface area contributed by atoms with E-state index in [2.05, 4.69) is 32.2 Å². The van der Waals surface area contributed by atoms with E-state index in [1.165, 1.54) is 17.3 Å². The molecule has 0 fully saturated rings. The summed E-state index contributed by atoms with van der Waals surface area (Å²) in [5.74, 6) is 1.16. The van der Waals surface area contributed by atoms with Crippen LogP contribution in [0.3, 0.4) is 0 Å². The van der Waals surface area contributed by atoms with Crippen LogP contribution in [0.25, 0.3) is 0 Å². The van der Waals surface area contributed by atoms with Crippen LogP contribution in [-0.2, 0) is 24.2 Å². The summed E-state index contributed by atoms with van der Waals surface area (Å²) in [5, 5.41) is 12.1. The molecule has 6 nitrogen and oxygen atoms in total. The highest BCUT2D eigenvalue weighted by atomic mass is 32.2. The fourth-order valence-corrected chi connectivity index (χ4v) is 4.18. The summed E-state index contributed by atoms with van der Waals surface area (Å²) in [4.78, 5) is 24.1. The molecule has 1 amide bonds. The van der Waals surface area contributed by atoms with Gasteiger partial charge in [0.25, 0.3) is 0 Å². The lowest BCUT2D eigenvalue weighted by Crippen LogP contribution is -2.07. The lowest BCUT2D eigenvalue weighted by atomic mass is 10.1. The Kier molecular flexibility index (Phi) is 5.25. The van der Waals surface area contributed by atoms with E-state index in [1.54, 1.807) is 12.1 Å². The minimum absolute atomic E-state index is 0.0161. The molecule has 142 valence electrons. The van der Waals surface area contributed by atoms with E-state index in [4.69, 9.17) is 0 Å². The molecular formula is C21H20N4O2S. The van der Waals surface area contributed by atoms with Gasteiger partial charge in [0.05, 0.1) is 12.2 Å². The highest BCUT2D eigenvalue weighted by Gasteiger charge is 2.20. The number of hydrogen-bond acceptors (Lipinski definition) is 5. The van der Waals surface area contributed by atoms with E-state index in [0.29, 0.717) is 18.4 Å².